The first-order valence-corrected chi connectivity index (χ1v) is 10.4. The van der Waals surface area contributed by atoms with E-state index in [4.69, 9.17) is 4.98 Å². The maximum absolute atomic E-state index is 4.72. The number of piperidine rings is 1. The van der Waals surface area contributed by atoms with E-state index < -0.39 is 0 Å². The average molecular weight is 394 g/mol. The largest absolute Gasteiger partial charge is 0.353 e. The van der Waals surface area contributed by atoms with Gasteiger partial charge in [-0.2, -0.15) is 5.10 Å². The second-order valence-electron chi connectivity index (χ2n) is 7.94. The van der Waals surface area contributed by atoms with Gasteiger partial charge in [0.2, 0.25) is 0 Å². The van der Waals surface area contributed by atoms with Crippen molar-refractivity contribution in [1.29, 1.82) is 0 Å². The summed E-state index contributed by atoms with van der Waals surface area (Å²) in [7, 11) is 0. The Balaban J connectivity index is 1.47. The molecule has 6 nitrogen and oxygen atoms in total. The fourth-order valence-corrected chi connectivity index (χ4v) is 4.55. The summed E-state index contributed by atoms with van der Waals surface area (Å²) in [5.74, 6) is 0.513. The van der Waals surface area contributed by atoms with E-state index in [1.807, 2.05) is 30.7 Å². The first kappa shape index (κ1) is 17.4. The summed E-state index contributed by atoms with van der Waals surface area (Å²) in [6, 6.07) is 14.9. The monoisotopic (exact) mass is 394 g/mol. The van der Waals surface area contributed by atoms with Crippen LogP contribution in [0.4, 0.5) is 0 Å². The zero-order chi connectivity index (χ0) is 19.9. The molecule has 30 heavy (non-hydrogen) atoms. The maximum Gasteiger partial charge on any atom is 0.116 e. The van der Waals surface area contributed by atoms with Crippen molar-refractivity contribution in [2.45, 2.75) is 18.8 Å². The Morgan fingerprint density at radius 2 is 1.77 bits per heavy atom. The number of benzene rings is 1. The maximum atomic E-state index is 4.72. The third-order valence-electron chi connectivity index (χ3n) is 6.14. The van der Waals surface area contributed by atoms with Gasteiger partial charge in [0.1, 0.15) is 5.69 Å². The van der Waals surface area contributed by atoms with E-state index in [-0.39, 0.29) is 0 Å². The Kier molecular flexibility index (Phi) is 4.09. The van der Waals surface area contributed by atoms with Gasteiger partial charge in [0, 0.05) is 40.3 Å². The lowest BCUT2D eigenvalue weighted by molar-refractivity contribution is 0.453. The molecule has 0 unspecified atom stereocenters. The van der Waals surface area contributed by atoms with Crippen LogP contribution in [-0.4, -0.2) is 38.2 Å². The first-order chi connectivity index (χ1) is 14.9. The van der Waals surface area contributed by atoms with E-state index in [9.17, 15) is 0 Å². The van der Waals surface area contributed by atoms with E-state index in [1.54, 1.807) is 0 Å². The number of aromatic nitrogens is 5. The van der Waals surface area contributed by atoms with Crippen LogP contribution < -0.4 is 5.32 Å². The smallest absolute Gasteiger partial charge is 0.116 e. The van der Waals surface area contributed by atoms with Crippen molar-refractivity contribution in [3.05, 3.63) is 66.7 Å². The fraction of sp³-hybridized carbons (Fsp3) is 0.208. The molecule has 0 saturated carbocycles. The van der Waals surface area contributed by atoms with Crippen molar-refractivity contribution in [2.75, 3.05) is 13.1 Å². The van der Waals surface area contributed by atoms with E-state index in [0.29, 0.717) is 5.92 Å². The zero-order valence-electron chi connectivity index (χ0n) is 16.5. The lowest BCUT2D eigenvalue weighted by atomic mass is 9.93. The van der Waals surface area contributed by atoms with Crippen LogP contribution in [0.5, 0.6) is 0 Å². The van der Waals surface area contributed by atoms with Crippen LogP contribution in [0.3, 0.4) is 0 Å². The molecule has 0 atom stereocenters. The molecule has 6 rings (SSSR count). The van der Waals surface area contributed by atoms with Crippen molar-refractivity contribution in [3.63, 3.8) is 0 Å². The molecular formula is C24H22N6. The molecule has 1 aliphatic rings. The molecule has 3 N–H and O–H groups in total. The molecule has 0 radical (unpaired) electrons. The van der Waals surface area contributed by atoms with Crippen molar-refractivity contribution < 1.29 is 0 Å². The van der Waals surface area contributed by atoms with Crippen LogP contribution in [-0.2, 0) is 0 Å². The number of nitrogens with one attached hydrogen (secondary N) is 3. The van der Waals surface area contributed by atoms with Crippen molar-refractivity contribution in [2.24, 2.45) is 0 Å². The highest BCUT2D eigenvalue weighted by atomic mass is 15.1. The van der Waals surface area contributed by atoms with Crippen molar-refractivity contribution >= 4 is 21.8 Å². The highest BCUT2D eigenvalue weighted by Crippen LogP contribution is 2.35. The normalized spacial score (nSPS) is 15.2. The number of aromatic amines is 2. The van der Waals surface area contributed by atoms with Crippen LogP contribution in [0.25, 0.3) is 44.3 Å². The highest BCUT2D eigenvalue weighted by molar-refractivity contribution is 6.01. The number of fused-ring (bicyclic) bond motifs is 2. The molecule has 1 fully saturated rings. The molecule has 6 heteroatoms. The molecule has 4 aromatic heterocycles. The second-order valence-corrected chi connectivity index (χ2v) is 7.94. The average Bonchev–Trinajstić information content (AvgIpc) is 3.43. The summed E-state index contributed by atoms with van der Waals surface area (Å²) < 4.78 is 0. The lowest BCUT2D eigenvalue weighted by Gasteiger charge is -2.22. The molecule has 0 bridgehead atoms. The summed E-state index contributed by atoms with van der Waals surface area (Å²) >= 11 is 0. The molecule has 0 amide bonds. The van der Waals surface area contributed by atoms with Crippen molar-refractivity contribution in [1.82, 2.24) is 30.5 Å². The van der Waals surface area contributed by atoms with Gasteiger partial charge in [-0.1, -0.05) is 12.1 Å². The summed E-state index contributed by atoms with van der Waals surface area (Å²) in [6.45, 7) is 2.12. The molecule has 148 valence electrons. The quantitative estimate of drug-likeness (QED) is 0.416. The summed E-state index contributed by atoms with van der Waals surface area (Å²) in [5.41, 5.74) is 7.54. The number of pyridine rings is 2. The van der Waals surface area contributed by atoms with Gasteiger partial charge in [0.15, 0.2) is 0 Å². The number of hydrogen-bond donors (Lipinski definition) is 3. The Morgan fingerprint density at radius 3 is 2.63 bits per heavy atom. The van der Waals surface area contributed by atoms with E-state index in [2.05, 4.69) is 55.8 Å². The topological polar surface area (TPSA) is 82.3 Å². The van der Waals surface area contributed by atoms with Gasteiger partial charge in [-0.25, -0.2) is 0 Å². The minimum absolute atomic E-state index is 0.513. The molecule has 1 saturated heterocycles. The highest BCUT2D eigenvalue weighted by Gasteiger charge is 2.19. The van der Waals surface area contributed by atoms with Crippen LogP contribution in [0, 0.1) is 0 Å². The minimum atomic E-state index is 0.513. The predicted octanol–water partition coefficient (Wildman–Crippen LogP) is 4.64. The molecule has 0 spiro atoms. The summed E-state index contributed by atoms with van der Waals surface area (Å²) in [6.07, 6.45) is 7.85. The van der Waals surface area contributed by atoms with Crippen LogP contribution >= 0.6 is 0 Å². The minimum Gasteiger partial charge on any atom is -0.353 e. The molecule has 1 aromatic carbocycles. The Hall–Kier alpha value is -3.51. The molecule has 5 aromatic rings. The predicted molar refractivity (Wildman–Crippen MR) is 119 cm³/mol. The number of hydrogen-bond acceptors (Lipinski definition) is 4. The van der Waals surface area contributed by atoms with E-state index in [1.165, 1.54) is 16.6 Å². The third-order valence-corrected chi connectivity index (χ3v) is 6.14. The first-order valence-electron chi connectivity index (χ1n) is 10.4. The van der Waals surface area contributed by atoms with Gasteiger partial charge in [0.25, 0.3) is 0 Å². The SMILES string of the molecule is c1cc(-c2ccncc2)c2cc(-c3n[nH]c4cnc(C5CCNCC5)cc34)[nH]c2c1. The standard InChI is InChI=1S/C24H22N6/c1-2-17(15-4-8-25-9-5-15)18-12-22(28-20(18)3-1)24-19-13-21(16-6-10-26-11-7-16)27-14-23(19)29-30-24/h1-5,8-9,12-14,16,26,28H,6-7,10-11H2,(H,29,30). The third kappa shape index (κ3) is 2.88. The summed E-state index contributed by atoms with van der Waals surface area (Å²) in [4.78, 5) is 12.4. The van der Waals surface area contributed by atoms with E-state index >= 15 is 0 Å². The van der Waals surface area contributed by atoms with Gasteiger partial charge in [-0.05, 0) is 67.4 Å². The number of H-pyrrole nitrogens is 2. The zero-order valence-corrected chi connectivity index (χ0v) is 16.5. The Bertz CT molecular complexity index is 1330. The molecule has 5 heterocycles. The molecule has 1 aliphatic heterocycles. The Morgan fingerprint density at radius 1 is 0.900 bits per heavy atom. The second kappa shape index (κ2) is 7.07. The molecule has 0 aliphatic carbocycles. The van der Waals surface area contributed by atoms with Crippen LogP contribution in [0.1, 0.15) is 24.5 Å². The van der Waals surface area contributed by atoms with Crippen molar-refractivity contribution in [3.8, 4) is 22.5 Å². The van der Waals surface area contributed by atoms with Gasteiger partial charge < -0.3 is 10.3 Å². The van der Waals surface area contributed by atoms with Gasteiger partial charge >= 0.3 is 0 Å². The van der Waals surface area contributed by atoms with Crippen LogP contribution in [0.2, 0.25) is 0 Å². The van der Waals surface area contributed by atoms with Gasteiger partial charge in [0.05, 0.1) is 17.4 Å². The Labute approximate surface area is 173 Å². The number of nitrogens with zero attached hydrogens (tertiary/aromatic N) is 3. The van der Waals surface area contributed by atoms with Crippen LogP contribution in [0.15, 0.2) is 61.1 Å². The van der Waals surface area contributed by atoms with Gasteiger partial charge in [-0.15, -0.1) is 0 Å². The van der Waals surface area contributed by atoms with E-state index in [0.717, 1.165) is 59.3 Å². The van der Waals surface area contributed by atoms with Gasteiger partial charge in [-0.3, -0.25) is 15.1 Å². The molecular weight excluding hydrogens is 372 g/mol. The lowest BCUT2D eigenvalue weighted by Crippen LogP contribution is -2.27. The number of rotatable bonds is 3. The fourth-order valence-electron chi connectivity index (χ4n) is 4.55. The summed E-state index contributed by atoms with van der Waals surface area (Å²) in [5, 5.41) is 13.5.